The van der Waals surface area contributed by atoms with Gasteiger partial charge in [0.25, 0.3) is 5.89 Å². The number of aromatic nitrogens is 3. The Labute approximate surface area is 133 Å². The first-order valence-corrected chi connectivity index (χ1v) is 7.76. The third-order valence-corrected chi connectivity index (χ3v) is 3.92. The maximum Gasteiger partial charge on any atom is 0.255 e. The Morgan fingerprint density at radius 3 is 2.87 bits per heavy atom. The molecule has 8 heteroatoms. The second-order valence-electron chi connectivity index (χ2n) is 5.63. The molecule has 0 aliphatic carbocycles. The topological polar surface area (TPSA) is 103 Å². The first kappa shape index (κ1) is 15.7. The largest absolute Gasteiger partial charge is 0.368 e. The summed E-state index contributed by atoms with van der Waals surface area (Å²) in [6.07, 6.45) is 2.75. The molecule has 1 amide bonds. The van der Waals surface area contributed by atoms with E-state index in [0.29, 0.717) is 24.6 Å². The molecule has 2 aromatic heterocycles. The summed E-state index contributed by atoms with van der Waals surface area (Å²) in [7, 11) is 0. The highest BCUT2D eigenvalue weighted by Gasteiger charge is 2.23. The van der Waals surface area contributed by atoms with Crippen LogP contribution in [0.2, 0.25) is 0 Å². The number of carbonyl (C=O) groups excluding carboxylic acids is 1. The highest BCUT2D eigenvalue weighted by atomic mass is 16.5. The Kier molecular flexibility index (Phi) is 4.71. The molecule has 1 aliphatic rings. The van der Waals surface area contributed by atoms with Gasteiger partial charge in [0.05, 0.1) is 12.2 Å². The maximum absolute atomic E-state index is 11.9. The van der Waals surface area contributed by atoms with Crippen molar-refractivity contribution < 1.29 is 18.6 Å². The number of rotatable bonds is 6. The SMILES string of the molecule is Cc1noc(C)c1CCC(=O)NCc1noc([C@@H]2CCCO2)n1. The van der Waals surface area contributed by atoms with Crippen LogP contribution in [-0.2, 0) is 22.5 Å². The predicted octanol–water partition coefficient (Wildman–Crippen LogP) is 1.77. The number of amides is 1. The lowest BCUT2D eigenvalue weighted by molar-refractivity contribution is -0.121. The minimum atomic E-state index is -0.105. The molecular weight excluding hydrogens is 300 g/mol. The van der Waals surface area contributed by atoms with Gasteiger partial charge in [-0.05, 0) is 33.1 Å². The second kappa shape index (κ2) is 6.91. The number of nitrogens with zero attached hydrogens (tertiary/aromatic N) is 3. The summed E-state index contributed by atoms with van der Waals surface area (Å²) in [6, 6.07) is 0. The van der Waals surface area contributed by atoms with Crippen LogP contribution in [0.1, 0.15) is 54.1 Å². The normalized spacial score (nSPS) is 17.6. The summed E-state index contributed by atoms with van der Waals surface area (Å²) < 4.78 is 15.7. The van der Waals surface area contributed by atoms with Gasteiger partial charge in [-0.15, -0.1) is 0 Å². The van der Waals surface area contributed by atoms with Crippen molar-refractivity contribution >= 4 is 5.91 Å². The van der Waals surface area contributed by atoms with Crippen molar-refractivity contribution in [2.75, 3.05) is 6.61 Å². The number of aryl methyl sites for hydroxylation is 2. The first-order valence-electron chi connectivity index (χ1n) is 7.76. The minimum absolute atomic E-state index is 0.0755. The quantitative estimate of drug-likeness (QED) is 0.865. The van der Waals surface area contributed by atoms with Gasteiger partial charge < -0.3 is 19.1 Å². The summed E-state index contributed by atoms with van der Waals surface area (Å²) in [6.45, 7) is 4.69. The lowest BCUT2D eigenvalue weighted by Crippen LogP contribution is -2.23. The molecule has 2 aromatic rings. The van der Waals surface area contributed by atoms with E-state index in [0.717, 1.165) is 36.5 Å². The fourth-order valence-corrected chi connectivity index (χ4v) is 2.61. The summed E-state index contributed by atoms with van der Waals surface area (Å²) in [5, 5.41) is 10.5. The fourth-order valence-electron chi connectivity index (χ4n) is 2.61. The van der Waals surface area contributed by atoms with Crippen LogP contribution in [0.25, 0.3) is 0 Å². The van der Waals surface area contributed by atoms with Crippen LogP contribution in [0.15, 0.2) is 9.05 Å². The molecule has 8 nitrogen and oxygen atoms in total. The minimum Gasteiger partial charge on any atom is -0.368 e. The molecule has 0 spiro atoms. The van der Waals surface area contributed by atoms with Gasteiger partial charge in [-0.25, -0.2) is 0 Å². The van der Waals surface area contributed by atoms with Gasteiger partial charge in [0.1, 0.15) is 11.9 Å². The van der Waals surface area contributed by atoms with Crippen molar-refractivity contribution in [2.24, 2.45) is 0 Å². The van der Waals surface area contributed by atoms with Crippen LogP contribution in [-0.4, -0.2) is 27.8 Å². The van der Waals surface area contributed by atoms with Crippen LogP contribution in [0.5, 0.6) is 0 Å². The third kappa shape index (κ3) is 3.76. The summed E-state index contributed by atoms with van der Waals surface area (Å²) >= 11 is 0. The van der Waals surface area contributed by atoms with E-state index in [1.54, 1.807) is 0 Å². The molecule has 1 N–H and O–H groups in total. The van der Waals surface area contributed by atoms with Crippen LogP contribution in [0.4, 0.5) is 0 Å². The zero-order chi connectivity index (χ0) is 16.2. The standard InChI is InChI=1S/C15H20N4O4/c1-9-11(10(2)22-18-9)5-6-14(20)16-8-13-17-15(23-19-13)12-4-3-7-21-12/h12H,3-8H2,1-2H3,(H,16,20)/t12-/m0/s1. The van der Waals surface area contributed by atoms with Gasteiger partial charge in [0.15, 0.2) is 5.82 Å². The smallest absolute Gasteiger partial charge is 0.255 e. The van der Waals surface area contributed by atoms with Gasteiger partial charge in [-0.3, -0.25) is 4.79 Å². The number of carbonyl (C=O) groups is 1. The van der Waals surface area contributed by atoms with Crippen LogP contribution in [0, 0.1) is 13.8 Å². The third-order valence-electron chi connectivity index (χ3n) is 3.92. The Hall–Kier alpha value is -2.22. The average molecular weight is 320 g/mol. The van der Waals surface area contributed by atoms with Crippen molar-refractivity contribution in [3.8, 4) is 0 Å². The highest BCUT2D eigenvalue weighted by molar-refractivity contribution is 5.76. The monoisotopic (exact) mass is 320 g/mol. The Balaban J connectivity index is 1.45. The molecule has 23 heavy (non-hydrogen) atoms. The molecule has 3 rings (SSSR count). The number of hydrogen-bond acceptors (Lipinski definition) is 7. The molecular formula is C15H20N4O4. The van der Waals surface area contributed by atoms with E-state index in [1.807, 2.05) is 13.8 Å². The van der Waals surface area contributed by atoms with Crippen molar-refractivity contribution in [3.63, 3.8) is 0 Å². The molecule has 3 heterocycles. The fraction of sp³-hybridized carbons (Fsp3) is 0.600. The lowest BCUT2D eigenvalue weighted by Gasteiger charge is -2.02. The molecule has 1 atom stereocenters. The molecule has 1 fully saturated rings. The van der Waals surface area contributed by atoms with Gasteiger partial charge >= 0.3 is 0 Å². The zero-order valence-electron chi connectivity index (χ0n) is 13.3. The molecule has 1 aliphatic heterocycles. The Morgan fingerprint density at radius 1 is 1.30 bits per heavy atom. The van der Waals surface area contributed by atoms with Gasteiger partial charge in [-0.2, -0.15) is 4.98 Å². The average Bonchev–Trinajstić information content (AvgIpc) is 3.25. The summed E-state index contributed by atoms with van der Waals surface area (Å²) in [5.74, 6) is 1.63. The van der Waals surface area contributed by atoms with Crippen molar-refractivity contribution in [2.45, 2.75) is 52.2 Å². The zero-order valence-corrected chi connectivity index (χ0v) is 13.3. The van der Waals surface area contributed by atoms with E-state index in [4.69, 9.17) is 13.8 Å². The maximum atomic E-state index is 11.9. The Morgan fingerprint density at radius 2 is 2.17 bits per heavy atom. The van der Waals surface area contributed by atoms with Crippen molar-refractivity contribution in [3.05, 3.63) is 28.7 Å². The molecule has 0 unspecified atom stereocenters. The van der Waals surface area contributed by atoms with Crippen LogP contribution < -0.4 is 5.32 Å². The van der Waals surface area contributed by atoms with Crippen molar-refractivity contribution in [1.29, 1.82) is 0 Å². The van der Waals surface area contributed by atoms with Gasteiger partial charge in [-0.1, -0.05) is 10.3 Å². The van der Waals surface area contributed by atoms with Crippen LogP contribution in [0.3, 0.4) is 0 Å². The highest BCUT2D eigenvalue weighted by Crippen LogP contribution is 2.26. The second-order valence-corrected chi connectivity index (χ2v) is 5.63. The van der Waals surface area contributed by atoms with Crippen LogP contribution >= 0.6 is 0 Å². The lowest BCUT2D eigenvalue weighted by atomic mass is 10.1. The van der Waals surface area contributed by atoms with E-state index in [9.17, 15) is 4.79 Å². The molecule has 0 radical (unpaired) electrons. The van der Waals surface area contributed by atoms with E-state index < -0.39 is 0 Å². The molecule has 0 aromatic carbocycles. The van der Waals surface area contributed by atoms with Gasteiger partial charge in [0.2, 0.25) is 5.91 Å². The number of ether oxygens (including phenoxy) is 1. The molecule has 0 bridgehead atoms. The summed E-state index contributed by atoms with van der Waals surface area (Å²) in [4.78, 5) is 16.2. The van der Waals surface area contributed by atoms with E-state index in [-0.39, 0.29) is 18.6 Å². The predicted molar refractivity (Wildman–Crippen MR) is 78.4 cm³/mol. The summed E-state index contributed by atoms with van der Waals surface area (Å²) in [5.41, 5.74) is 1.81. The van der Waals surface area contributed by atoms with E-state index in [2.05, 4.69) is 20.6 Å². The Bertz CT molecular complexity index is 653. The van der Waals surface area contributed by atoms with Gasteiger partial charge in [0, 0.05) is 18.6 Å². The molecule has 0 saturated carbocycles. The van der Waals surface area contributed by atoms with Crippen molar-refractivity contribution in [1.82, 2.24) is 20.6 Å². The number of nitrogens with one attached hydrogen (secondary N) is 1. The number of hydrogen-bond donors (Lipinski definition) is 1. The van der Waals surface area contributed by atoms with E-state index in [1.165, 1.54) is 0 Å². The molecule has 124 valence electrons. The van der Waals surface area contributed by atoms with E-state index >= 15 is 0 Å². The first-order chi connectivity index (χ1) is 11.1. The molecule has 1 saturated heterocycles.